The summed E-state index contributed by atoms with van der Waals surface area (Å²) in [5.74, 6) is -0.743. The van der Waals surface area contributed by atoms with Gasteiger partial charge < -0.3 is 11.1 Å². The maximum absolute atomic E-state index is 12.7. The van der Waals surface area contributed by atoms with E-state index >= 15 is 0 Å². The van der Waals surface area contributed by atoms with Gasteiger partial charge in [-0.3, -0.25) is 9.59 Å². The highest BCUT2D eigenvalue weighted by Crippen LogP contribution is 2.32. The van der Waals surface area contributed by atoms with Gasteiger partial charge in [-0.1, -0.05) is 48.2 Å². The molecule has 6 heteroatoms. The number of amides is 2. The second-order valence-corrected chi connectivity index (χ2v) is 7.04. The van der Waals surface area contributed by atoms with Crippen molar-refractivity contribution in [1.82, 2.24) is 5.32 Å². The Kier molecular flexibility index (Phi) is 6.10. The molecule has 0 spiro atoms. The van der Waals surface area contributed by atoms with Crippen molar-refractivity contribution in [2.45, 2.75) is 16.3 Å². The van der Waals surface area contributed by atoms with E-state index in [0.29, 0.717) is 16.7 Å². The molecule has 138 valence electrons. The van der Waals surface area contributed by atoms with Crippen molar-refractivity contribution in [2.75, 3.05) is 0 Å². The van der Waals surface area contributed by atoms with E-state index in [0.717, 1.165) is 15.4 Å². The fourth-order valence-corrected chi connectivity index (χ4v) is 3.65. The summed E-state index contributed by atoms with van der Waals surface area (Å²) in [5, 5.41) is 12.1. The van der Waals surface area contributed by atoms with Gasteiger partial charge >= 0.3 is 0 Å². The minimum absolute atomic E-state index is 0.234. The number of benzene rings is 3. The Balaban J connectivity index is 1.77. The molecule has 0 bridgehead atoms. The Hall–Kier alpha value is -3.56. The predicted octanol–water partition coefficient (Wildman–Crippen LogP) is 3.74. The molecular weight excluding hydrogens is 370 g/mol. The zero-order valence-corrected chi connectivity index (χ0v) is 15.7. The summed E-state index contributed by atoms with van der Waals surface area (Å²) in [4.78, 5) is 25.6. The average molecular weight is 387 g/mol. The Bertz CT molecular complexity index is 1070. The van der Waals surface area contributed by atoms with Gasteiger partial charge in [-0.05, 0) is 42.0 Å². The zero-order chi connectivity index (χ0) is 19.9. The summed E-state index contributed by atoms with van der Waals surface area (Å²) in [6, 6.07) is 23.5. The molecule has 0 aliphatic heterocycles. The molecule has 0 saturated carbocycles. The quantitative estimate of drug-likeness (QED) is 0.673. The van der Waals surface area contributed by atoms with Crippen LogP contribution >= 0.6 is 11.8 Å². The third kappa shape index (κ3) is 4.58. The van der Waals surface area contributed by atoms with Crippen molar-refractivity contribution in [3.05, 3.63) is 95.1 Å². The fraction of sp³-hybridized carbons (Fsp3) is 0.0455. The largest absolute Gasteiger partial charge is 0.366 e. The third-order valence-electron chi connectivity index (χ3n) is 4.02. The fourth-order valence-electron chi connectivity index (χ4n) is 2.62. The van der Waals surface area contributed by atoms with Crippen molar-refractivity contribution in [2.24, 2.45) is 5.73 Å². The first-order chi connectivity index (χ1) is 13.6. The smallest absolute Gasteiger partial charge is 0.252 e. The number of nitriles is 1. The highest BCUT2D eigenvalue weighted by Gasteiger charge is 2.13. The van der Waals surface area contributed by atoms with Gasteiger partial charge in [0.2, 0.25) is 5.91 Å². The van der Waals surface area contributed by atoms with Crippen LogP contribution in [0.4, 0.5) is 0 Å². The molecule has 2 amide bonds. The molecule has 28 heavy (non-hydrogen) atoms. The van der Waals surface area contributed by atoms with Gasteiger partial charge in [-0.15, -0.1) is 0 Å². The minimum Gasteiger partial charge on any atom is -0.366 e. The lowest BCUT2D eigenvalue weighted by molar-refractivity contribution is 0.0947. The van der Waals surface area contributed by atoms with Crippen molar-refractivity contribution >= 4 is 23.6 Å². The van der Waals surface area contributed by atoms with Crippen LogP contribution < -0.4 is 11.1 Å². The van der Waals surface area contributed by atoms with Crippen molar-refractivity contribution < 1.29 is 9.59 Å². The SMILES string of the molecule is N#Cc1ccccc1Sc1ccccc1C(=O)NCc1cccc(C(N)=O)c1. The van der Waals surface area contributed by atoms with Gasteiger partial charge in [0.05, 0.1) is 11.1 Å². The normalized spacial score (nSPS) is 10.1. The molecule has 5 nitrogen and oxygen atoms in total. The van der Waals surface area contributed by atoms with Crippen LogP contribution in [0.2, 0.25) is 0 Å². The van der Waals surface area contributed by atoms with Gasteiger partial charge in [0.25, 0.3) is 5.91 Å². The summed E-state index contributed by atoms with van der Waals surface area (Å²) in [6.45, 7) is 0.272. The summed E-state index contributed by atoms with van der Waals surface area (Å²) in [5.41, 5.74) is 7.56. The molecule has 0 aromatic heterocycles. The number of nitrogens with one attached hydrogen (secondary N) is 1. The standard InChI is InChI=1S/C22H17N3O2S/c23-13-17-7-1-3-10-19(17)28-20-11-4-2-9-18(20)22(27)25-14-15-6-5-8-16(12-15)21(24)26/h1-12H,14H2,(H2,24,26)(H,25,27). The van der Waals surface area contributed by atoms with Crippen LogP contribution in [0.15, 0.2) is 82.6 Å². The Morgan fingerprint density at radius 1 is 0.964 bits per heavy atom. The molecule has 3 rings (SSSR count). The summed E-state index contributed by atoms with van der Waals surface area (Å²) in [6.07, 6.45) is 0. The highest BCUT2D eigenvalue weighted by molar-refractivity contribution is 7.99. The van der Waals surface area contributed by atoms with E-state index in [2.05, 4.69) is 11.4 Å². The number of nitrogens with two attached hydrogens (primary N) is 1. The Morgan fingerprint density at radius 3 is 2.43 bits per heavy atom. The lowest BCUT2D eigenvalue weighted by Gasteiger charge is -2.11. The van der Waals surface area contributed by atoms with Crippen molar-refractivity contribution in [3.63, 3.8) is 0 Å². The monoisotopic (exact) mass is 387 g/mol. The summed E-state index contributed by atoms with van der Waals surface area (Å²) in [7, 11) is 0. The van der Waals surface area contributed by atoms with E-state index in [9.17, 15) is 14.9 Å². The second-order valence-electron chi connectivity index (χ2n) is 5.95. The summed E-state index contributed by atoms with van der Waals surface area (Å²) >= 11 is 1.38. The molecule has 3 aromatic rings. The molecule has 0 aliphatic rings. The first-order valence-electron chi connectivity index (χ1n) is 8.51. The van der Waals surface area contributed by atoms with Crippen LogP contribution in [0.25, 0.3) is 0 Å². The topological polar surface area (TPSA) is 96.0 Å². The van der Waals surface area contributed by atoms with E-state index < -0.39 is 5.91 Å². The van der Waals surface area contributed by atoms with Crippen LogP contribution in [0.3, 0.4) is 0 Å². The lowest BCUT2D eigenvalue weighted by Crippen LogP contribution is -2.23. The number of nitrogens with zero attached hydrogens (tertiary/aromatic N) is 1. The average Bonchev–Trinajstić information content (AvgIpc) is 2.73. The Morgan fingerprint density at radius 2 is 1.68 bits per heavy atom. The van der Waals surface area contributed by atoms with Crippen LogP contribution in [-0.2, 0) is 6.54 Å². The van der Waals surface area contributed by atoms with Crippen molar-refractivity contribution in [3.8, 4) is 6.07 Å². The molecule has 0 radical (unpaired) electrons. The molecule has 0 heterocycles. The molecule has 3 aromatic carbocycles. The second kappa shape index (κ2) is 8.89. The van der Waals surface area contributed by atoms with Crippen LogP contribution in [0, 0.1) is 11.3 Å². The number of carbonyl (C=O) groups is 2. The van der Waals surface area contributed by atoms with E-state index in [4.69, 9.17) is 5.73 Å². The van der Waals surface area contributed by atoms with Gasteiger partial charge in [0, 0.05) is 21.9 Å². The van der Waals surface area contributed by atoms with Crippen molar-refractivity contribution in [1.29, 1.82) is 5.26 Å². The molecule has 0 fully saturated rings. The highest BCUT2D eigenvalue weighted by atomic mass is 32.2. The van der Waals surface area contributed by atoms with Crippen LogP contribution in [0.1, 0.15) is 31.8 Å². The predicted molar refractivity (Wildman–Crippen MR) is 108 cm³/mol. The molecule has 0 atom stereocenters. The van der Waals surface area contributed by atoms with E-state index in [1.807, 2.05) is 30.3 Å². The van der Waals surface area contributed by atoms with E-state index in [-0.39, 0.29) is 12.5 Å². The number of hydrogen-bond acceptors (Lipinski definition) is 4. The number of primary amides is 1. The maximum atomic E-state index is 12.7. The third-order valence-corrected chi connectivity index (χ3v) is 5.18. The van der Waals surface area contributed by atoms with Crippen LogP contribution in [0.5, 0.6) is 0 Å². The molecule has 0 saturated heterocycles. The molecule has 3 N–H and O–H groups in total. The minimum atomic E-state index is -0.508. The lowest BCUT2D eigenvalue weighted by atomic mass is 10.1. The Labute approximate surface area is 167 Å². The first kappa shape index (κ1) is 19.2. The number of carbonyl (C=O) groups excluding carboxylic acids is 2. The van der Waals surface area contributed by atoms with Gasteiger partial charge in [-0.25, -0.2) is 0 Å². The molecular formula is C22H17N3O2S. The number of rotatable bonds is 6. The first-order valence-corrected chi connectivity index (χ1v) is 9.33. The zero-order valence-electron chi connectivity index (χ0n) is 14.9. The van der Waals surface area contributed by atoms with Gasteiger partial charge in [-0.2, -0.15) is 5.26 Å². The summed E-state index contributed by atoms with van der Waals surface area (Å²) < 4.78 is 0. The van der Waals surface area contributed by atoms with Gasteiger partial charge in [0.15, 0.2) is 0 Å². The molecule has 0 unspecified atom stereocenters. The maximum Gasteiger partial charge on any atom is 0.252 e. The van der Waals surface area contributed by atoms with E-state index in [1.165, 1.54) is 11.8 Å². The van der Waals surface area contributed by atoms with Crippen LogP contribution in [-0.4, -0.2) is 11.8 Å². The van der Waals surface area contributed by atoms with Gasteiger partial charge in [0.1, 0.15) is 6.07 Å². The number of hydrogen-bond donors (Lipinski definition) is 2. The van der Waals surface area contributed by atoms with E-state index in [1.54, 1.807) is 42.5 Å². The molecule has 0 aliphatic carbocycles.